The van der Waals surface area contributed by atoms with Crippen LogP contribution in [0.15, 0.2) is 24.3 Å². The van der Waals surface area contributed by atoms with E-state index in [0.29, 0.717) is 6.04 Å². The first kappa shape index (κ1) is 21.0. The molecule has 5 nitrogen and oxygen atoms in total. The number of unbranched alkanes of at least 4 members (excludes halogenated alkanes) is 3. The molecule has 156 valence electrons. The van der Waals surface area contributed by atoms with Gasteiger partial charge in [-0.15, -0.1) is 0 Å². The highest BCUT2D eigenvalue weighted by atomic mass is 16.6. The zero-order valence-electron chi connectivity index (χ0n) is 17.3. The number of anilines is 1. The lowest BCUT2D eigenvalue weighted by Crippen LogP contribution is -2.46. The number of hydrogen-bond donors (Lipinski definition) is 1. The van der Waals surface area contributed by atoms with Crippen LogP contribution in [0.2, 0.25) is 0 Å². The first-order chi connectivity index (χ1) is 13.8. The van der Waals surface area contributed by atoms with E-state index in [0.717, 1.165) is 56.8 Å². The number of amides is 1. The van der Waals surface area contributed by atoms with Crippen molar-refractivity contribution in [3.8, 4) is 5.75 Å². The quantitative estimate of drug-likeness (QED) is 0.559. The summed E-state index contributed by atoms with van der Waals surface area (Å²) in [6.07, 6.45) is 11.5. The lowest BCUT2D eigenvalue weighted by molar-refractivity contribution is 0.0176. The van der Waals surface area contributed by atoms with Crippen LogP contribution in [-0.4, -0.2) is 42.8 Å². The van der Waals surface area contributed by atoms with E-state index in [1.807, 2.05) is 24.3 Å². The maximum absolute atomic E-state index is 12.4. The fourth-order valence-electron chi connectivity index (χ4n) is 4.34. The summed E-state index contributed by atoms with van der Waals surface area (Å²) in [5, 5.41) is 2.88. The Hall–Kier alpha value is -1.75. The molecule has 28 heavy (non-hydrogen) atoms. The van der Waals surface area contributed by atoms with Gasteiger partial charge in [0.2, 0.25) is 0 Å². The van der Waals surface area contributed by atoms with Crippen LogP contribution in [-0.2, 0) is 4.74 Å². The summed E-state index contributed by atoms with van der Waals surface area (Å²) in [5.74, 6) is 0.844. The third kappa shape index (κ3) is 6.40. The van der Waals surface area contributed by atoms with Crippen LogP contribution in [0.1, 0.15) is 71.1 Å². The van der Waals surface area contributed by atoms with Gasteiger partial charge in [0.25, 0.3) is 0 Å². The van der Waals surface area contributed by atoms with Crippen molar-refractivity contribution in [1.29, 1.82) is 0 Å². The molecule has 1 aromatic carbocycles. The van der Waals surface area contributed by atoms with Crippen LogP contribution in [0.25, 0.3) is 0 Å². The molecule has 0 bridgehead atoms. The Morgan fingerprint density at radius 1 is 1.04 bits per heavy atom. The number of hydrogen-bond acceptors (Lipinski definition) is 4. The molecule has 1 N–H and O–H groups in total. The third-order valence-electron chi connectivity index (χ3n) is 5.90. The van der Waals surface area contributed by atoms with Crippen molar-refractivity contribution >= 4 is 11.8 Å². The summed E-state index contributed by atoms with van der Waals surface area (Å²) >= 11 is 0. The van der Waals surface area contributed by atoms with E-state index in [1.165, 1.54) is 38.5 Å². The lowest BCUT2D eigenvalue weighted by atomic mass is 9.91. The van der Waals surface area contributed by atoms with Crippen LogP contribution < -0.4 is 10.1 Å². The Kier molecular flexibility index (Phi) is 8.46. The molecule has 0 radical (unpaired) electrons. The van der Waals surface area contributed by atoms with Gasteiger partial charge in [0.1, 0.15) is 11.9 Å². The Bertz CT molecular complexity index is 584. The number of nitrogens with one attached hydrogen (secondary N) is 1. The van der Waals surface area contributed by atoms with Crippen LogP contribution in [0.3, 0.4) is 0 Å². The number of carbonyl (C=O) groups is 1. The van der Waals surface area contributed by atoms with Crippen molar-refractivity contribution < 1.29 is 14.3 Å². The topological polar surface area (TPSA) is 50.8 Å². The molecule has 5 heteroatoms. The summed E-state index contributed by atoms with van der Waals surface area (Å²) in [4.78, 5) is 14.9. The highest BCUT2D eigenvalue weighted by Gasteiger charge is 2.34. The van der Waals surface area contributed by atoms with Crippen LogP contribution in [0, 0.1) is 0 Å². The second kappa shape index (κ2) is 11.3. The fourth-order valence-corrected chi connectivity index (χ4v) is 4.34. The second-order valence-corrected chi connectivity index (χ2v) is 8.10. The van der Waals surface area contributed by atoms with E-state index in [4.69, 9.17) is 9.47 Å². The molecular weight excluding hydrogens is 352 g/mol. The van der Waals surface area contributed by atoms with Gasteiger partial charge in [-0.3, -0.25) is 10.2 Å². The van der Waals surface area contributed by atoms with Crippen LogP contribution >= 0.6 is 0 Å². The van der Waals surface area contributed by atoms with E-state index in [-0.39, 0.29) is 12.2 Å². The van der Waals surface area contributed by atoms with E-state index in [9.17, 15) is 4.79 Å². The molecule has 0 aromatic heterocycles. The van der Waals surface area contributed by atoms with E-state index < -0.39 is 0 Å². The molecule has 2 fully saturated rings. The number of benzene rings is 1. The Labute approximate surface area is 169 Å². The van der Waals surface area contributed by atoms with Gasteiger partial charge < -0.3 is 9.47 Å². The average molecular weight is 389 g/mol. The Morgan fingerprint density at radius 2 is 1.79 bits per heavy atom. The van der Waals surface area contributed by atoms with E-state index >= 15 is 0 Å². The first-order valence-corrected chi connectivity index (χ1v) is 11.2. The van der Waals surface area contributed by atoms with Gasteiger partial charge in [0, 0.05) is 11.7 Å². The number of nitrogens with zero attached hydrogens (tertiary/aromatic N) is 1. The van der Waals surface area contributed by atoms with Crippen molar-refractivity contribution in [3.63, 3.8) is 0 Å². The van der Waals surface area contributed by atoms with E-state index in [1.54, 1.807) is 0 Å². The minimum Gasteiger partial charge on any atom is -0.494 e. The van der Waals surface area contributed by atoms with Gasteiger partial charge in [-0.25, -0.2) is 4.79 Å². The molecule has 1 heterocycles. The average Bonchev–Trinajstić information content (AvgIpc) is 3.24. The molecule has 1 amide bonds. The normalized spacial score (nSPS) is 22.8. The minimum absolute atomic E-state index is 0.0116. The maximum Gasteiger partial charge on any atom is 0.411 e. The summed E-state index contributed by atoms with van der Waals surface area (Å²) in [6.45, 7) is 5.24. The second-order valence-electron chi connectivity index (χ2n) is 8.10. The standard InChI is InChI=1S/C23H36N2O3/c1-2-3-4-9-18-27-20-14-12-19(13-15-20)24-23(26)28-22-11-6-5-10-21(22)25-16-7-8-17-25/h12-15,21-22H,2-11,16-18H2,1H3,(H,24,26)/t21-,22-/m0/s1. The molecule has 2 aliphatic rings. The van der Waals surface area contributed by atoms with Gasteiger partial charge in [-0.2, -0.15) is 0 Å². The Balaban J connectivity index is 1.43. The molecule has 0 unspecified atom stereocenters. The molecule has 1 aromatic rings. The molecule has 0 spiro atoms. The van der Waals surface area contributed by atoms with E-state index in [2.05, 4.69) is 17.1 Å². The molecule has 1 aliphatic heterocycles. The lowest BCUT2D eigenvalue weighted by Gasteiger charge is -2.37. The van der Waals surface area contributed by atoms with Gasteiger partial charge in [-0.1, -0.05) is 32.6 Å². The van der Waals surface area contributed by atoms with Crippen LogP contribution in [0.5, 0.6) is 5.75 Å². The predicted octanol–water partition coefficient (Wildman–Crippen LogP) is 5.60. The minimum atomic E-state index is -0.343. The monoisotopic (exact) mass is 388 g/mol. The largest absolute Gasteiger partial charge is 0.494 e. The molecule has 1 aliphatic carbocycles. The highest BCUT2D eigenvalue weighted by molar-refractivity contribution is 5.84. The Morgan fingerprint density at radius 3 is 2.54 bits per heavy atom. The molecule has 2 atom stereocenters. The summed E-state index contributed by atoms with van der Waals surface area (Å²) in [7, 11) is 0. The third-order valence-corrected chi connectivity index (χ3v) is 5.90. The molecule has 1 saturated carbocycles. The van der Waals surface area contributed by atoms with Crippen molar-refractivity contribution in [1.82, 2.24) is 4.90 Å². The van der Waals surface area contributed by atoms with Crippen LogP contribution in [0.4, 0.5) is 10.5 Å². The van der Waals surface area contributed by atoms with Crippen molar-refractivity contribution in [2.24, 2.45) is 0 Å². The summed E-state index contributed by atoms with van der Waals surface area (Å²) in [6, 6.07) is 7.96. The molecule has 3 rings (SSSR count). The summed E-state index contributed by atoms with van der Waals surface area (Å²) in [5.41, 5.74) is 0.747. The molecule has 1 saturated heterocycles. The van der Waals surface area contributed by atoms with Crippen molar-refractivity contribution in [3.05, 3.63) is 24.3 Å². The molecular formula is C23H36N2O3. The zero-order chi connectivity index (χ0) is 19.6. The highest BCUT2D eigenvalue weighted by Crippen LogP contribution is 2.28. The number of ether oxygens (including phenoxy) is 2. The first-order valence-electron chi connectivity index (χ1n) is 11.2. The number of rotatable bonds is 9. The number of likely N-dealkylation sites (tertiary alicyclic amines) is 1. The van der Waals surface area contributed by atoms with Gasteiger partial charge in [-0.05, 0) is 75.9 Å². The van der Waals surface area contributed by atoms with Crippen molar-refractivity contribution in [2.45, 2.75) is 83.3 Å². The SMILES string of the molecule is CCCCCCOc1ccc(NC(=O)O[C@H]2CCCC[C@@H]2N2CCCC2)cc1. The van der Waals surface area contributed by atoms with Gasteiger partial charge in [0.15, 0.2) is 0 Å². The fraction of sp³-hybridized carbons (Fsp3) is 0.696. The smallest absolute Gasteiger partial charge is 0.411 e. The predicted molar refractivity (Wildman–Crippen MR) is 113 cm³/mol. The summed E-state index contributed by atoms with van der Waals surface area (Å²) < 4.78 is 11.6. The zero-order valence-corrected chi connectivity index (χ0v) is 17.3. The van der Waals surface area contributed by atoms with Gasteiger partial charge >= 0.3 is 6.09 Å². The maximum atomic E-state index is 12.4. The van der Waals surface area contributed by atoms with Crippen molar-refractivity contribution in [2.75, 3.05) is 25.0 Å². The number of carbonyl (C=O) groups excluding carboxylic acids is 1. The van der Waals surface area contributed by atoms with Gasteiger partial charge in [0.05, 0.1) is 6.61 Å².